The average molecular weight is 281 g/mol. The maximum Gasteiger partial charge on any atom is 0.163 e. The average Bonchev–Trinajstić information content (AvgIpc) is 2.26. The van der Waals surface area contributed by atoms with Crippen molar-refractivity contribution in [3.8, 4) is 5.75 Å². The topological polar surface area (TPSA) is 26.3 Å². The molecule has 0 unspecified atom stereocenters. The molecule has 16 heavy (non-hydrogen) atoms. The molecule has 0 amide bonds. The molecule has 0 spiro atoms. The maximum absolute atomic E-state index is 11.6. The second-order valence-electron chi connectivity index (χ2n) is 3.90. The van der Waals surface area contributed by atoms with Crippen LogP contribution in [0.3, 0.4) is 0 Å². The molecule has 0 N–H and O–H groups in total. The molecule has 0 fully saturated rings. The van der Waals surface area contributed by atoms with Gasteiger partial charge in [0.2, 0.25) is 0 Å². The Hall–Kier alpha value is -1.09. The molecule has 84 valence electrons. The van der Waals surface area contributed by atoms with E-state index in [0.29, 0.717) is 13.0 Å². The van der Waals surface area contributed by atoms with E-state index >= 15 is 0 Å². The lowest BCUT2D eigenvalue weighted by Crippen LogP contribution is -2.10. The predicted molar refractivity (Wildman–Crippen MR) is 67.3 cm³/mol. The zero-order chi connectivity index (χ0) is 11.5. The Morgan fingerprint density at radius 3 is 3.00 bits per heavy atom. The molecular formula is C13H13BrO2. The molecule has 2 rings (SSSR count). The zero-order valence-electron chi connectivity index (χ0n) is 8.96. The quantitative estimate of drug-likeness (QED) is 0.847. The Morgan fingerprint density at radius 2 is 2.25 bits per heavy atom. The zero-order valence-corrected chi connectivity index (χ0v) is 10.5. The van der Waals surface area contributed by atoms with E-state index in [1.807, 2.05) is 18.2 Å². The minimum Gasteiger partial charge on any atom is -0.488 e. The van der Waals surface area contributed by atoms with Crippen LogP contribution in [0.2, 0.25) is 0 Å². The number of hydrogen-bond acceptors (Lipinski definition) is 2. The van der Waals surface area contributed by atoms with E-state index in [2.05, 4.69) is 22.5 Å². The number of carbonyl (C=O) groups is 1. The Balaban J connectivity index is 2.18. The summed E-state index contributed by atoms with van der Waals surface area (Å²) in [6.07, 6.45) is 2.58. The molecule has 1 aromatic rings. The number of ether oxygens (including phenoxy) is 1. The smallest absolute Gasteiger partial charge is 0.163 e. The summed E-state index contributed by atoms with van der Waals surface area (Å²) in [4.78, 5) is 11.6. The second-order valence-corrected chi connectivity index (χ2v) is 5.02. The van der Waals surface area contributed by atoms with E-state index in [0.717, 1.165) is 34.2 Å². The summed E-state index contributed by atoms with van der Waals surface area (Å²) < 4.78 is 6.32. The number of ketones is 1. The van der Waals surface area contributed by atoms with Crippen LogP contribution in [-0.2, 0) is 6.42 Å². The number of carbonyl (C=O) groups excluding carboxylic acids is 1. The van der Waals surface area contributed by atoms with E-state index < -0.39 is 0 Å². The molecule has 0 saturated carbocycles. The molecule has 3 heteroatoms. The van der Waals surface area contributed by atoms with Gasteiger partial charge in [0.05, 0.1) is 0 Å². The van der Waals surface area contributed by atoms with E-state index in [9.17, 15) is 4.79 Å². The van der Waals surface area contributed by atoms with E-state index in [-0.39, 0.29) is 5.78 Å². The molecule has 1 aliphatic carbocycles. The number of Topliss-reactive ketones (excluding diaryl/α,β-unsaturated/α-hetero) is 1. The fourth-order valence-electron chi connectivity index (χ4n) is 1.87. The summed E-state index contributed by atoms with van der Waals surface area (Å²) in [5.41, 5.74) is 1.96. The van der Waals surface area contributed by atoms with Crippen molar-refractivity contribution in [3.63, 3.8) is 0 Å². The normalized spacial score (nSPS) is 14.4. The van der Waals surface area contributed by atoms with Gasteiger partial charge in [0.25, 0.3) is 0 Å². The van der Waals surface area contributed by atoms with Crippen LogP contribution in [0.4, 0.5) is 0 Å². The Kier molecular flexibility index (Phi) is 3.44. The van der Waals surface area contributed by atoms with Gasteiger partial charge in [0, 0.05) is 16.5 Å². The van der Waals surface area contributed by atoms with E-state index in [4.69, 9.17) is 4.74 Å². The molecule has 0 saturated heterocycles. The van der Waals surface area contributed by atoms with Crippen LogP contribution in [0, 0.1) is 0 Å². The van der Waals surface area contributed by atoms with Gasteiger partial charge < -0.3 is 4.74 Å². The third-order valence-corrected chi connectivity index (χ3v) is 2.85. The molecule has 0 aliphatic heterocycles. The van der Waals surface area contributed by atoms with Gasteiger partial charge in [0.1, 0.15) is 12.4 Å². The van der Waals surface area contributed by atoms with Crippen molar-refractivity contribution in [3.05, 3.63) is 40.4 Å². The largest absolute Gasteiger partial charge is 0.488 e. The third kappa shape index (κ3) is 2.53. The summed E-state index contributed by atoms with van der Waals surface area (Å²) in [5.74, 6) is 1.05. The van der Waals surface area contributed by atoms with Crippen molar-refractivity contribution in [1.29, 1.82) is 0 Å². The minimum atomic E-state index is 0.248. The van der Waals surface area contributed by atoms with Gasteiger partial charge in [0.15, 0.2) is 5.78 Å². The van der Waals surface area contributed by atoms with Gasteiger partial charge in [-0.25, -0.2) is 0 Å². The van der Waals surface area contributed by atoms with Crippen LogP contribution in [0.5, 0.6) is 5.75 Å². The standard InChI is InChI=1S/C13H13BrO2/c1-9(14)8-16-11-5-6-12-10(7-11)3-2-4-13(12)15/h5-7H,1-4,8H2. The number of aryl methyl sites for hydroxylation is 1. The van der Waals surface area contributed by atoms with Crippen molar-refractivity contribution >= 4 is 21.7 Å². The first kappa shape index (κ1) is 11.4. The Morgan fingerprint density at radius 1 is 1.44 bits per heavy atom. The third-order valence-electron chi connectivity index (χ3n) is 2.62. The first-order valence-corrected chi connectivity index (χ1v) is 6.08. The van der Waals surface area contributed by atoms with Crippen LogP contribution in [0.25, 0.3) is 0 Å². The Labute approximate surface area is 103 Å². The molecule has 0 radical (unpaired) electrons. The van der Waals surface area contributed by atoms with Gasteiger partial charge in [-0.1, -0.05) is 22.5 Å². The summed E-state index contributed by atoms with van der Waals surface area (Å²) in [7, 11) is 0. The van der Waals surface area contributed by atoms with Gasteiger partial charge >= 0.3 is 0 Å². The summed E-state index contributed by atoms with van der Waals surface area (Å²) in [5, 5.41) is 0. The van der Waals surface area contributed by atoms with E-state index in [1.165, 1.54) is 0 Å². The fraction of sp³-hybridized carbons (Fsp3) is 0.308. The van der Waals surface area contributed by atoms with Crippen molar-refractivity contribution < 1.29 is 9.53 Å². The van der Waals surface area contributed by atoms with Crippen molar-refractivity contribution in [2.24, 2.45) is 0 Å². The fourth-order valence-corrected chi connectivity index (χ4v) is 1.99. The number of rotatable bonds is 3. The molecule has 0 heterocycles. The molecule has 2 nitrogen and oxygen atoms in total. The first-order chi connectivity index (χ1) is 7.66. The van der Waals surface area contributed by atoms with Gasteiger partial charge in [-0.05, 0) is 36.6 Å². The lowest BCUT2D eigenvalue weighted by molar-refractivity contribution is 0.0972. The second kappa shape index (κ2) is 4.83. The molecule has 1 aliphatic rings. The highest BCUT2D eigenvalue weighted by atomic mass is 79.9. The Bertz CT molecular complexity index is 438. The van der Waals surface area contributed by atoms with Gasteiger partial charge in [-0.15, -0.1) is 0 Å². The number of halogens is 1. The first-order valence-electron chi connectivity index (χ1n) is 5.29. The van der Waals surface area contributed by atoms with Crippen LogP contribution in [-0.4, -0.2) is 12.4 Å². The minimum absolute atomic E-state index is 0.248. The van der Waals surface area contributed by atoms with Gasteiger partial charge in [-0.3, -0.25) is 4.79 Å². The lowest BCUT2D eigenvalue weighted by Gasteiger charge is -2.15. The highest BCUT2D eigenvalue weighted by Gasteiger charge is 2.17. The van der Waals surface area contributed by atoms with Crippen LogP contribution >= 0.6 is 15.9 Å². The highest BCUT2D eigenvalue weighted by Crippen LogP contribution is 2.25. The maximum atomic E-state index is 11.6. The van der Waals surface area contributed by atoms with Crippen LogP contribution in [0.15, 0.2) is 29.3 Å². The van der Waals surface area contributed by atoms with Crippen LogP contribution in [0.1, 0.15) is 28.8 Å². The lowest BCUT2D eigenvalue weighted by atomic mass is 9.91. The van der Waals surface area contributed by atoms with E-state index in [1.54, 1.807) is 0 Å². The van der Waals surface area contributed by atoms with Crippen molar-refractivity contribution in [2.75, 3.05) is 6.61 Å². The summed E-state index contributed by atoms with van der Waals surface area (Å²) in [6.45, 7) is 4.16. The summed E-state index contributed by atoms with van der Waals surface area (Å²) >= 11 is 3.24. The molecule has 0 atom stereocenters. The number of benzene rings is 1. The van der Waals surface area contributed by atoms with Crippen molar-refractivity contribution in [2.45, 2.75) is 19.3 Å². The van der Waals surface area contributed by atoms with Crippen molar-refractivity contribution in [1.82, 2.24) is 0 Å². The molecule has 0 aromatic heterocycles. The highest BCUT2D eigenvalue weighted by molar-refractivity contribution is 9.11. The molecule has 1 aromatic carbocycles. The number of hydrogen-bond donors (Lipinski definition) is 0. The SMILES string of the molecule is C=C(Br)COc1ccc2c(c1)CCCC2=O. The summed E-state index contributed by atoms with van der Waals surface area (Å²) in [6, 6.07) is 5.67. The molecule has 0 bridgehead atoms. The van der Waals surface area contributed by atoms with Crippen LogP contribution < -0.4 is 4.74 Å². The molecular weight excluding hydrogens is 268 g/mol. The monoisotopic (exact) mass is 280 g/mol. The van der Waals surface area contributed by atoms with Gasteiger partial charge in [-0.2, -0.15) is 0 Å². The number of fused-ring (bicyclic) bond motifs is 1. The predicted octanol–water partition coefficient (Wildman–Crippen LogP) is 3.49.